The zero-order chi connectivity index (χ0) is 20.3. The van der Waals surface area contributed by atoms with Crippen molar-refractivity contribution >= 4 is 23.3 Å². The molecule has 0 spiro atoms. The molecule has 0 aliphatic carbocycles. The topological polar surface area (TPSA) is 59.7 Å². The molecule has 154 valence electrons. The number of aromatic nitrogens is 1. The van der Waals surface area contributed by atoms with Crippen LogP contribution in [0.5, 0.6) is 17.2 Å². The van der Waals surface area contributed by atoms with E-state index in [-0.39, 0.29) is 12.4 Å². The molecule has 0 saturated heterocycles. The second-order valence-electron chi connectivity index (χ2n) is 6.74. The molecule has 0 N–H and O–H groups in total. The van der Waals surface area contributed by atoms with Gasteiger partial charge in [0.2, 0.25) is 0 Å². The molecular formula is C22H26ClN3O3. The van der Waals surface area contributed by atoms with Crippen LogP contribution in [0.15, 0.2) is 36.4 Å². The number of likely N-dealkylation sites (N-methyl/N-ethyl adjacent to an activating group) is 1. The van der Waals surface area contributed by atoms with Crippen molar-refractivity contribution in [3.05, 3.63) is 42.1 Å². The quantitative estimate of drug-likeness (QED) is 0.579. The Morgan fingerprint density at radius 2 is 1.59 bits per heavy atom. The SMILES string of the molecule is COc1ccc(-c2c(C#N)n(CCN(C)C)c3cc(OC)c(OC)cc23)cc1.Cl. The van der Waals surface area contributed by atoms with Gasteiger partial charge in [0.25, 0.3) is 0 Å². The fourth-order valence-corrected chi connectivity index (χ4v) is 3.37. The molecule has 29 heavy (non-hydrogen) atoms. The zero-order valence-corrected chi connectivity index (χ0v) is 18.2. The van der Waals surface area contributed by atoms with Gasteiger partial charge >= 0.3 is 0 Å². The predicted molar refractivity (Wildman–Crippen MR) is 118 cm³/mol. The standard InChI is InChI=1S/C22H25N3O3.ClH/c1-24(2)10-11-25-18-13-21(28-5)20(27-4)12-17(18)22(19(25)14-23)15-6-8-16(26-3)9-7-15;/h6-9,12-13H,10-11H2,1-5H3;1H. The van der Waals surface area contributed by atoms with Crippen molar-refractivity contribution in [1.82, 2.24) is 9.47 Å². The van der Waals surface area contributed by atoms with Gasteiger partial charge in [0.1, 0.15) is 17.5 Å². The lowest BCUT2D eigenvalue weighted by Crippen LogP contribution is -2.19. The first kappa shape index (κ1) is 22.4. The maximum absolute atomic E-state index is 10.0. The molecule has 1 aromatic heterocycles. The molecule has 7 heteroatoms. The average molecular weight is 416 g/mol. The van der Waals surface area contributed by atoms with Crippen molar-refractivity contribution < 1.29 is 14.2 Å². The Balaban J connectivity index is 0.00000300. The van der Waals surface area contributed by atoms with E-state index in [1.165, 1.54) is 0 Å². The molecule has 0 bridgehead atoms. The fourth-order valence-electron chi connectivity index (χ4n) is 3.37. The minimum atomic E-state index is 0. The summed E-state index contributed by atoms with van der Waals surface area (Å²) in [5.74, 6) is 2.06. The Morgan fingerprint density at radius 1 is 0.966 bits per heavy atom. The highest BCUT2D eigenvalue weighted by Gasteiger charge is 2.21. The summed E-state index contributed by atoms with van der Waals surface area (Å²) in [6, 6.07) is 14.1. The van der Waals surface area contributed by atoms with Crippen LogP contribution >= 0.6 is 12.4 Å². The van der Waals surface area contributed by atoms with Gasteiger partial charge in [-0.25, -0.2) is 0 Å². The number of rotatable bonds is 7. The number of fused-ring (bicyclic) bond motifs is 1. The number of benzene rings is 2. The molecule has 3 aromatic rings. The third-order valence-electron chi connectivity index (χ3n) is 4.82. The molecule has 0 amide bonds. The van der Waals surface area contributed by atoms with Crippen molar-refractivity contribution in [3.63, 3.8) is 0 Å². The molecule has 1 heterocycles. The van der Waals surface area contributed by atoms with Gasteiger partial charge in [-0.2, -0.15) is 5.26 Å². The van der Waals surface area contributed by atoms with Crippen LogP contribution in [0.2, 0.25) is 0 Å². The van der Waals surface area contributed by atoms with E-state index < -0.39 is 0 Å². The minimum Gasteiger partial charge on any atom is -0.497 e. The number of hydrogen-bond acceptors (Lipinski definition) is 5. The molecule has 2 aromatic carbocycles. The Labute approximate surface area is 177 Å². The number of methoxy groups -OCH3 is 3. The van der Waals surface area contributed by atoms with E-state index in [4.69, 9.17) is 14.2 Å². The average Bonchev–Trinajstić information content (AvgIpc) is 3.03. The smallest absolute Gasteiger partial charge is 0.162 e. The first-order chi connectivity index (χ1) is 13.5. The third kappa shape index (κ3) is 4.26. The molecule has 0 unspecified atom stereocenters. The van der Waals surface area contributed by atoms with Crippen LogP contribution in [0.1, 0.15) is 5.69 Å². The number of halogens is 1. The van der Waals surface area contributed by atoms with Gasteiger partial charge in [-0.15, -0.1) is 12.4 Å². The van der Waals surface area contributed by atoms with Gasteiger partial charge < -0.3 is 23.7 Å². The lowest BCUT2D eigenvalue weighted by molar-refractivity contribution is 0.355. The molecule has 0 saturated carbocycles. The number of nitriles is 1. The molecule has 6 nitrogen and oxygen atoms in total. The highest BCUT2D eigenvalue weighted by atomic mass is 35.5. The normalized spacial score (nSPS) is 10.5. The minimum absolute atomic E-state index is 0. The Kier molecular flexibility index (Phi) is 7.38. The van der Waals surface area contributed by atoms with E-state index in [0.29, 0.717) is 23.7 Å². The molecular weight excluding hydrogens is 390 g/mol. The summed E-state index contributed by atoms with van der Waals surface area (Å²) < 4.78 is 18.3. The third-order valence-corrected chi connectivity index (χ3v) is 4.82. The summed E-state index contributed by atoms with van der Waals surface area (Å²) >= 11 is 0. The van der Waals surface area contributed by atoms with Crippen LogP contribution in [0, 0.1) is 11.3 Å². The highest BCUT2D eigenvalue weighted by molar-refractivity contribution is 6.01. The van der Waals surface area contributed by atoms with Crippen LogP contribution in [-0.2, 0) is 6.54 Å². The van der Waals surface area contributed by atoms with Crippen LogP contribution in [0.25, 0.3) is 22.0 Å². The van der Waals surface area contributed by atoms with Crippen LogP contribution in [-0.4, -0.2) is 51.4 Å². The lowest BCUT2D eigenvalue weighted by atomic mass is 10.0. The van der Waals surface area contributed by atoms with E-state index >= 15 is 0 Å². The maximum atomic E-state index is 10.0. The second-order valence-corrected chi connectivity index (χ2v) is 6.74. The van der Waals surface area contributed by atoms with Gasteiger partial charge in [0.15, 0.2) is 11.5 Å². The van der Waals surface area contributed by atoms with E-state index in [0.717, 1.165) is 34.3 Å². The summed E-state index contributed by atoms with van der Waals surface area (Å²) in [6.45, 7) is 1.51. The van der Waals surface area contributed by atoms with Gasteiger partial charge in [-0.05, 0) is 37.9 Å². The van der Waals surface area contributed by atoms with E-state index in [1.807, 2.05) is 50.5 Å². The number of hydrogen-bond donors (Lipinski definition) is 0. The van der Waals surface area contributed by atoms with E-state index in [9.17, 15) is 5.26 Å². The second kappa shape index (κ2) is 9.55. The number of nitrogens with zero attached hydrogens (tertiary/aromatic N) is 3. The van der Waals surface area contributed by atoms with Gasteiger partial charge in [-0.3, -0.25) is 0 Å². The first-order valence-electron chi connectivity index (χ1n) is 9.01. The molecule has 0 atom stereocenters. The van der Waals surface area contributed by atoms with Crippen molar-refractivity contribution in [2.45, 2.75) is 6.54 Å². The molecule has 0 radical (unpaired) electrons. The molecule has 0 fully saturated rings. The molecule has 3 rings (SSSR count). The van der Waals surface area contributed by atoms with Crippen molar-refractivity contribution in [3.8, 4) is 34.4 Å². The van der Waals surface area contributed by atoms with Crippen LogP contribution in [0.3, 0.4) is 0 Å². The highest BCUT2D eigenvalue weighted by Crippen LogP contribution is 2.41. The predicted octanol–water partition coefficient (Wildman–Crippen LogP) is 4.19. The maximum Gasteiger partial charge on any atom is 0.162 e. The van der Waals surface area contributed by atoms with Gasteiger partial charge in [-0.1, -0.05) is 12.1 Å². The first-order valence-corrected chi connectivity index (χ1v) is 9.01. The monoisotopic (exact) mass is 415 g/mol. The Bertz CT molecular complexity index is 1020. The lowest BCUT2D eigenvalue weighted by Gasteiger charge is -2.13. The summed E-state index contributed by atoms with van der Waals surface area (Å²) in [7, 11) is 8.91. The Morgan fingerprint density at radius 3 is 2.10 bits per heavy atom. The van der Waals surface area contributed by atoms with E-state index in [2.05, 4.69) is 15.5 Å². The molecule has 0 aliphatic heterocycles. The van der Waals surface area contributed by atoms with E-state index in [1.54, 1.807) is 21.3 Å². The summed E-state index contributed by atoms with van der Waals surface area (Å²) in [5, 5.41) is 11.0. The Hall–Kier alpha value is -2.88. The van der Waals surface area contributed by atoms with Crippen molar-refractivity contribution in [2.24, 2.45) is 0 Å². The van der Waals surface area contributed by atoms with Gasteiger partial charge in [0, 0.05) is 30.1 Å². The summed E-state index contributed by atoms with van der Waals surface area (Å²) in [6.07, 6.45) is 0. The summed E-state index contributed by atoms with van der Waals surface area (Å²) in [4.78, 5) is 2.10. The zero-order valence-electron chi connectivity index (χ0n) is 17.4. The van der Waals surface area contributed by atoms with Crippen LogP contribution < -0.4 is 14.2 Å². The largest absolute Gasteiger partial charge is 0.497 e. The van der Waals surface area contributed by atoms with Crippen molar-refractivity contribution in [2.75, 3.05) is 42.0 Å². The van der Waals surface area contributed by atoms with Crippen molar-refractivity contribution in [1.29, 1.82) is 5.26 Å². The molecule has 0 aliphatic rings. The fraction of sp³-hybridized carbons (Fsp3) is 0.318. The number of ether oxygens (including phenoxy) is 3. The van der Waals surface area contributed by atoms with Gasteiger partial charge in [0.05, 0.1) is 26.8 Å². The van der Waals surface area contributed by atoms with Crippen LogP contribution in [0.4, 0.5) is 0 Å². The summed E-state index contributed by atoms with van der Waals surface area (Å²) in [5.41, 5.74) is 3.41.